The molecule has 0 amide bonds. The molecule has 0 spiro atoms. The molecular weight excluding hydrogens is 1130 g/mol. The maximum Gasteiger partial charge on any atom is 0.317 e. The van der Waals surface area contributed by atoms with Crippen LogP contribution in [0.25, 0.3) is 11.1 Å². The van der Waals surface area contributed by atoms with E-state index >= 15 is 0 Å². The Hall–Kier alpha value is -4.35. The van der Waals surface area contributed by atoms with E-state index in [9.17, 15) is 24.0 Å². The largest absolute Gasteiger partial charge is 0.426 e. The summed E-state index contributed by atoms with van der Waals surface area (Å²) in [6.45, 7) is 6.59. The summed E-state index contributed by atoms with van der Waals surface area (Å²) in [5.74, 6) is 17.8. The molecule has 6 nitrogen and oxygen atoms in total. The molecule has 0 radical (unpaired) electrons. The number of hydrogen-bond acceptors (Lipinski definition) is 6. The van der Waals surface area contributed by atoms with E-state index in [1.165, 1.54) is 171 Å². The number of hydrogen-bond donors (Lipinski definition) is 0. The average molecular weight is 1220 g/mol. The summed E-state index contributed by atoms with van der Waals surface area (Å²) in [5.41, 5.74) is 8.49. The van der Waals surface area contributed by atoms with Gasteiger partial charge in [0.15, 0.2) is 23.0 Å². The monoisotopic (exact) mass is 1220 g/mol. The molecular formula is C75H96O6S4+4. The van der Waals surface area contributed by atoms with Gasteiger partial charge in [-0.2, -0.15) is 0 Å². The molecule has 0 N–H and O–H groups in total. The van der Waals surface area contributed by atoms with Crippen LogP contribution in [0.2, 0.25) is 0 Å². The molecule has 5 aliphatic carbocycles. The lowest BCUT2D eigenvalue weighted by Crippen LogP contribution is -2.51. The second-order valence-corrected chi connectivity index (χ2v) is 36.3. The van der Waals surface area contributed by atoms with Crippen LogP contribution in [0, 0.1) is 23.2 Å². The fraction of sp³-hybridized carbons (Fsp3) is 0.533. The summed E-state index contributed by atoms with van der Waals surface area (Å²) in [5, 5.41) is 0. The first-order chi connectivity index (χ1) is 41.2. The highest BCUT2D eigenvalue weighted by molar-refractivity contribution is 7.98. The van der Waals surface area contributed by atoms with Crippen molar-refractivity contribution >= 4 is 72.7 Å². The van der Waals surface area contributed by atoms with Crippen molar-refractivity contribution in [3.8, 4) is 16.9 Å². The molecule has 14 rings (SSSR count). The topological polar surface area (TPSA) is 94.6 Å². The van der Waals surface area contributed by atoms with Gasteiger partial charge in [0.25, 0.3) is 0 Å². The van der Waals surface area contributed by atoms with Gasteiger partial charge >= 0.3 is 5.97 Å². The molecule has 0 atom stereocenters. The number of benzene rings is 5. The van der Waals surface area contributed by atoms with Crippen LogP contribution in [-0.4, -0.2) is 98.1 Å². The Labute approximate surface area is 521 Å². The molecule has 4 heterocycles. The minimum absolute atomic E-state index is 0.0203. The van der Waals surface area contributed by atoms with Crippen molar-refractivity contribution in [2.45, 2.75) is 154 Å². The molecule has 0 unspecified atom stereocenters. The molecule has 0 aromatic heterocycles. The molecule has 4 bridgehead atoms. The first-order valence-corrected chi connectivity index (χ1v) is 39.5. The molecule has 5 aromatic carbocycles. The van der Waals surface area contributed by atoms with Gasteiger partial charge in [-0.25, -0.2) is 0 Å². The molecule has 9 aliphatic rings. The summed E-state index contributed by atoms with van der Waals surface area (Å²) < 4.78 is 5.82. The van der Waals surface area contributed by atoms with Gasteiger partial charge in [0.1, 0.15) is 51.8 Å². The van der Waals surface area contributed by atoms with Crippen LogP contribution in [0.1, 0.15) is 201 Å². The molecule has 10 heteroatoms. The van der Waals surface area contributed by atoms with Crippen LogP contribution in [0.5, 0.6) is 5.75 Å². The molecule has 85 heavy (non-hydrogen) atoms. The number of ketones is 4. The van der Waals surface area contributed by atoms with Crippen molar-refractivity contribution in [1.82, 2.24) is 0 Å². The minimum atomic E-state index is -0.229. The van der Waals surface area contributed by atoms with E-state index in [0.717, 1.165) is 82.4 Å². The predicted octanol–water partition coefficient (Wildman–Crippen LogP) is 16.3. The van der Waals surface area contributed by atoms with Crippen LogP contribution < -0.4 is 4.74 Å². The van der Waals surface area contributed by atoms with Crippen molar-refractivity contribution < 1.29 is 28.7 Å². The van der Waals surface area contributed by atoms with E-state index in [1.54, 1.807) is 0 Å². The van der Waals surface area contributed by atoms with E-state index in [0.29, 0.717) is 61.5 Å². The fourth-order valence-corrected chi connectivity index (χ4v) is 23.8. The van der Waals surface area contributed by atoms with Crippen molar-refractivity contribution in [2.75, 3.05) is 69.0 Å². The summed E-state index contributed by atoms with van der Waals surface area (Å²) >= 11 is 0. The van der Waals surface area contributed by atoms with Gasteiger partial charge in [-0.05, 0) is 222 Å². The molecule has 5 saturated carbocycles. The molecule has 4 aliphatic heterocycles. The minimum Gasteiger partial charge on any atom is -0.426 e. The highest BCUT2D eigenvalue weighted by atomic mass is 32.2. The predicted molar refractivity (Wildman–Crippen MR) is 364 cm³/mol. The summed E-state index contributed by atoms with van der Waals surface area (Å²) in [6.07, 6.45) is 24.3. The lowest BCUT2D eigenvalue weighted by molar-refractivity contribution is -0.161. The van der Waals surface area contributed by atoms with Gasteiger partial charge in [0, 0.05) is 22.3 Å². The van der Waals surface area contributed by atoms with Gasteiger partial charge < -0.3 is 4.74 Å². The number of carbonyl (C=O) groups is 5. The normalized spacial score (nSPS) is 23.3. The average Bonchev–Trinajstić information content (AvgIpc) is 1.88. The first kappa shape index (κ1) is 63.7. The van der Waals surface area contributed by atoms with Gasteiger partial charge in [-0.3, -0.25) is 24.0 Å². The highest BCUT2D eigenvalue weighted by Gasteiger charge is 2.55. The summed E-state index contributed by atoms with van der Waals surface area (Å²) in [7, 11) is 1.39. The van der Waals surface area contributed by atoms with Crippen molar-refractivity contribution in [1.29, 1.82) is 0 Å². The second-order valence-electron chi connectivity index (χ2n) is 27.0. The smallest absolute Gasteiger partial charge is 0.317 e. The van der Waals surface area contributed by atoms with Gasteiger partial charge in [0.05, 0.1) is 5.41 Å². The van der Waals surface area contributed by atoms with Gasteiger partial charge in [-0.1, -0.05) is 143 Å². The lowest BCUT2D eigenvalue weighted by atomic mass is 9.49. The number of esters is 1. The van der Waals surface area contributed by atoms with Crippen LogP contribution in [0.4, 0.5) is 0 Å². The Morgan fingerprint density at radius 2 is 0.753 bits per heavy atom. The lowest BCUT2D eigenvalue weighted by Gasteiger charge is -2.55. The third-order valence-electron chi connectivity index (χ3n) is 19.4. The Kier molecular flexibility index (Phi) is 23.0. The number of rotatable bonds is 16. The quantitative estimate of drug-likeness (QED) is 0.0423. The second kappa shape index (κ2) is 30.7. The first-order valence-electron chi connectivity index (χ1n) is 32.6. The SMILES string of the molecule is CC(C)(C)c1ccc(C(=O)C[S+]2CCCC2)cc1.O=C(C[S+]1CCCC1)c1ccc(-c2ccccc2)cc1.O=C(C[S+]1CCCC1)c1ccc(C2CCCCC2)cc1.O=C(C[S+]1CCCC1)c1ccc(OC(=O)C23CC4CC(CC(C4)C2)C3)cc1. The number of carbonyl (C=O) groups excluding carboxylic acids is 5. The Morgan fingerprint density at radius 1 is 0.412 bits per heavy atom. The Balaban J connectivity index is 0.000000128. The maximum absolute atomic E-state index is 13.0. The zero-order valence-corrected chi connectivity index (χ0v) is 54.7. The van der Waals surface area contributed by atoms with Crippen LogP contribution in [0.15, 0.2) is 127 Å². The zero-order valence-electron chi connectivity index (χ0n) is 51.4. The van der Waals surface area contributed by atoms with Gasteiger partial charge in [0.2, 0.25) is 23.1 Å². The fourth-order valence-electron chi connectivity index (χ4n) is 14.8. The van der Waals surface area contributed by atoms with Crippen LogP contribution in [0.3, 0.4) is 0 Å². The van der Waals surface area contributed by atoms with Gasteiger partial charge in [-0.15, -0.1) is 0 Å². The summed E-state index contributed by atoms with van der Waals surface area (Å²) in [6, 6.07) is 42.4. The van der Waals surface area contributed by atoms with E-state index in [1.807, 2.05) is 66.7 Å². The molecule has 5 aromatic rings. The van der Waals surface area contributed by atoms with Crippen LogP contribution >= 0.6 is 0 Å². The zero-order chi connectivity index (χ0) is 59.2. The van der Waals surface area contributed by atoms with Crippen molar-refractivity contribution in [3.05, 3.63) is 161 Å². The number of ether oxygens (including phenoxy) is 1. The standard InChI is InChI=1S/C23H29O3S.C18H25OS.C18H19OS.C16H23OS/c24-21(15-27-7-1-2-8-27)19-3-5-20(6-4-19)26-22(25)23-12-16-9-17(13-23)11-18(10-16)14-23;2*19-18(14-20-12-4-5-13-20)17-10-8-16(9-11-17)15-6-2-1-3-7-15;1-16(2,3)14-8-6-13(7-9-14)15(17)12-18-10-4-5-11-18/h3-6,16-18H,1-2,7-15H2;8-11,15H,1-7,12-14H2;1-3,6-11H,4-5,12-14H2;6-9H,4-5,10-12H2,1-3H3/q4*+1. The third kappa shape index (κ3) is 18.2. The Bertz CT molecular complexity index is 2920. The van der Waals surface area contributed by atoms with Crippen molar-refractivity contribution in [3.63, 3.8) is 0 Å². The Morgan fingerprint density at radius 3 is 1.13 bits per heavy atom. The third-order valence-corrected chi connectivity index (χ3v) is 29.0. The van der Waals surface area contributed by atoms with E-state index < -0.39 is 0 Å². The number of Topliss-reactive ketones (excluding diaryl/α,β-unsaturated/α-hetero) is 4. The van der Waals surface area contributed by atoms with E-state index in [2.05, 4.69) is 81.4 Å². The van der Waals surface area contributed by atoms with E-state index in [-0.39, 0.29) is 33.5 Å². The van der Waals surface area contributed by atoms with E-state index in [4.69, 9.17) is 4.74 Å². The molecule has 4 saturated heterocycles. The summed E-state index contributed by atoms with van der Waals surface area (Å²) in [4.78, 5) is 62.2. The van der Waals surface area contributed by atoms with Crippen molar-refractivity contribution in [2.24, 2.45) is 23.2 Å². The molecule has 452 valence electrons. The maximum atomic E-state index is 13.0. The molecule has 9 fully saturated rings. The highest BCUT2D eigenvalue weighted by Crippen LogP contribution is 2.60. The van der Waals surface area contributed by atoms with Crippen LogP contribution in [-0.2, 0) is 53.8 Å².